The summed E-state index contributed by atoms with van der Waals surface area (Å²) in [6.45, 7) is 7.37. The van der Waals surface area contributed by atoms with Gasteiger partial charge in [-0.1, -0.05) is 6.08 Å². The fourth-order valence-corrected chi connectivity index (χ4v) is 1.04. The quantitative estimate of drug-likeness (QED) is 0.579. The highest BCUT2D eigenvalue weighted by molar-refractivity contribution is 5.82. The monoisotopic (exact) mass is 243 g/mol. The van der Waals surface area contributed by atoms with Gasteiger partial charge in [-0.25, -0.2) is 4.79 Å². The molecule has 0 aromatic carbocycles. The highest BCUT2D eigenvalue weighted by Crippen LogP contribution is 2.09. The van der Waals surface area contributed by atoms with Gasteiger partial charge in [-0.3, -0.25) is 4.79 Å². The molecule has 0 fully saturated rings. The molecule has 0 aromatic rings. The van der Waals surface area contributed by atoms with Crippen molar-refractivity contribution in [2.75, 3.05) is 6.61 Å². The third-order valence-electron chi connectivity index (χ3n) is 1.59. The minimum Gasteiger partial charge on any atom is -0.463 e. The summed E-state index contributed by atoms with van der Waals surface area (Å²) in [5.41, 5.74) is 5.12. The molecule has 0 bridgehead atoms. The lowest BCUT2D eigenvalue weighted by Gasteiger charge is -2.20. The molecule has 0 aliphatic carbocycles. The number of hydrogen-bond acceptors (Lipinski definition) is 5. The number of hydrogen-bond donors (Lipinski definition) is 1. The zero-order valence-electron chi connectivity index (χ0n) is 10.9. The van der Waals surface area contributed by atoms with Crippen molar-refractivity contribution in [1.82, 2.24) is 0 Å². The Labute approximate surface area is 102 Å². The van der Waals surface area contributed by atoms with E-state index in [-0.39, 0.29) is 6.42 Å². The minimum absolute atomic E-state index is 0.0349. The van der Waals surface area contributed by atoms with Gasteiger partial charge in [0.1, 0.15) is 5.60 Å². The standard InChI is InChI=1S/C12H21NO4/c1-5-16-10(14)7-6-9(13)8-11(15)17-12(2,3)4/h6-7,9H,5,8,13H2,1-4H3/b7-6+/t9-/m1/s1. The van der Waals surface area contributed by atoms with E-state index in [1.54, 1.807) is 27.7 Å². The van der Waals surface area contributed by atoms with Crippen LogP contribution >= 0.6 is 0 Å². The Morgan fingerprint density at radius 2 is 1.94 bits per heavy atom. The summed E-state index contributed by atoms with van der Waals surface area (Å²) in [6, 6.07) is -0.547. The molecular weight excluding hydrogens is 222 g/mol. The van der Waals surface area contributed by atoms with Crippen LogP contribution in [-0.2, 0) is 19.1 Å². The van der Waals surface area contributed by atoms with Crippen LogP contribution in [0.25, 0.3) is 0 Å². The molecule has 0 rings (SSSR count). The van der Waals surface area contributed by atoms with Crippen molar-refractivity contribution < 1.29 is 19.1 Å². The molecule has 0 heterocycles. The van der Waals surface area contributed by atoms with Gasteiger partial charge in [-0.05, 0) is 27.7 Å². The maximum absolute atomic E-state index is 11.4. The zero-order valence-corrected chi connectivity index (χ0v) is 10.9. The van der Waals surface area contributed by atoms with Crippen molar-refractivity contribution in [3.8, 4) is 0 Å². The van der Waals surface area contributed by atoms with Gasteiger partial charge in [-0.2, -0.15) is 0 Å². The first-order valence-corrected chi connectivity index (χ1v) is 5.57. The van der Waals surface area contributed by atoms with Gasteiger partial charge < -0.3 is 15.2 Å². The Kier molecular flexibility index (Phi) is 6.50. The maximum Gasteiger partial charge on any atom is 0.330 e. The molecule has 5 nitrogen and oxygen atoms in total. The maximum atomic E-state index is 11.4. The molecule has 98 valence electrons. The molecule has 0 saturated heterocycles. The number of esters is 2. The average molecular weight is 243 g/mol. The minimum atomic E-state index is -0.547. The van der Waals surface area contributed by atoms with Crippen LogP contribution in [0.15, 0.2) is 12.2 Å². The van der Waals surface area contributed by atoms with E-state index < -0.39 is 23.6 Å². The topological polar surface area (TPSA) is 78.6 Å². The molecule has 0 aromatic heterocycles. The second-order valence-corrected chi connectivity index (χ2v) is 4.57. The fraction of sp³-hybridized carbons (Fsp3) is 0.667. The highest BCUT2D eigenvalue weighted by atomic mass is 16.6. The Morgan fingerprint density at radius 1 is 1.35 bits per heavy atom. The molecule has 5 heteroatoms. The van der Waals surface area contributed by atoms with Gasteiger partial charge in [0.25, 0.3) is 0 Å². The largest absolute Gasteiger partial charge is 0.463 e. The molecule has 0 unspecified atom stereocenters. The Balaban J connectivity index is 4.05. The number of carbonyl (C=O) groups is 2. The molecular formula is C12H21NO4. The molecule has 17 heavy (non-hydrogen) atoms. The molecule has 0 aliphatic rings. The van der Waals surface area contributed by atoms with Crippen LogP contribution in [0.3, 0.4) is 0 Å². The normalized spacial score (nSPS) is 13.5. The van der Waals surface area contributed by atoms with Crippen molar-refractivity contribution in [3.63, 3.8) is 0 Å². The fourth-order valence-electron chi connectivity index (χ4n) is 1.04. The van der Waals surface area contributed by atoms with Crippen LogP contribution in [0.5, 0.6) is 0 Å². The Hall–Kier alpha value is -1.36. The van der Waals surface area contributed by atoms with Crippen molar-refractivity contribution in [2.24, 2.45) is 5.73 Å². The third-order valence-corrected chi connectivity index (χ3v) is 1.59. The molecule has 0 amide bonds. The van der Waals surface area contributed by atoms with Crippen LogP contribution in [0.4, 0.5) is 0 Å². The van der Waals surface area contributed by atoms with E-state index in [1.807, 2.05) is 0 Å². The SMILES string of the molecule is CCOC(=O)/C=C/[C@@H](N)CC(=O)OC(C)(C)C. The predicted octanol–water partition coefficient (Wildman–Crippen LogP) is 1.16. The smallest absolute Gasteiger partial charge is 0.330 e. The summed E-state index contributed by atoms with van der Waals surface area (Å²) in [6.07, 6.45) is 2.69. The summed E-state index contributed by atoms with van der Waals surface area (Å²) >= 11 is 0. The summed E-state index contributed by atoms with van der Waals surface area (Å²) in [5, 5.41) is 0. The first-order valence-electron chi connectivity index (χ1n) is 5.57. The first kappa shape index (κ1) is 15.6. The summed E-state index contributed by atoms with van der Waals surface area (Å²) in [5.74, 6) is -0.856. The lowest BCUT2D eigenvalue weighted by atomic mass is 10.1. The lowest BCUT2D eigenvalue weighted by Crippen LogP contribution is -2.29. The summed E-state index contributed by atoms with van der Waals surface area (Å²) in [7, 11) is 0. The third kappa shape index (κ3) is 9.56. The molecule has 0 radical (unpaired) electrons. The van der Waals surface area contributed by atoms with Gasteiger partial charge >= 0.3 is 11.9 Å². The van der Waals surface area contributed by atoms with Crippen LogP contribution in [0.2, 0.25) is 0 Å². The van der Waals surface area contributed by atoms with E-state index in [2.05, 4.69) is 4.74 Å². The van der Waals surface area contributed by atoms with E-state index in [0.717, 1.165) is 0 Å². The van der Waals surface area contributed by atoms with Crippen LogP contribution in [-0.4, -0.2) is 30.2 Å². The van der Waals surface area contributed by atoms with Gasteiger partial charge in [0.05, 0.1) is 13.0 Å². The van der Waals surface area contributed by atoms with E-state index in [1.165, 1.54) is 12.2 Å². The zero-order chi connectivity index (χ0) is 13.5. The van der Waals surface area contributed by atoms with E-state index >= 15 is 0 Å². The van der Waals surface area contributed by atoms with Crippen molar-refractivity contribution in [3.05, 3.63) is 12.2 Å². The van der Waals surface area contributed by atoms with Crippen LogP contribution < -0.4 is 5.73 Å². The number of ether oxygens (including phenoxy) is 2. The molecule has 0 aliphatic heterocycles. The van der Waals surface area contributed by atoms with Gasteiger partial charge in [0.2, 0.25) is 0 Å². The van der Waals surface area contributed by atoms with E-state index in [9.17, 15) is 9.59 Å². The number of carbonyl (C=O) groups excluding carboxylic acids is 2. The molecule has 1 atom stereocenters. The van der Waals surface area contributed by atoms with E-state index in [0.29, 0.717) is 6.61 Å². The van der Waals surface area contributed by atoms with Crippen LogP contribution in [0, 0.1) is 0 Å². The molecule has 0 spiro atoms. The lowest BCUT2D eigenvalue weighted by molar-refractivity contribution is -0.155. The van der Waals surface area contributed by atoms with Crippen molar-refractivity contribution in [1.29, 1.82) is 0 Å². The predicted molar refractivity (Wildman–Crippen MR) is 64.2 cm³/mol. The molecule has 0 saturated carbocycles. The van der Waals surface area contributed by atoms with Crippen molar-refractivity contribution in [2.45, 2.75) is 45.8 Å². The second-order valence-electron chi connectivity index (χ2n) is 4.57. The number of rotatable bonds is 5. The second kappa shape index (κ2) is 7.06. The van der Waals surface area contributed by atoms with Gasteiger partial charge in [-0.15, -0.1) is 0 Å². The van der Waals surface area contributed by atoms with Crippen molar-refractivity contribution >= 4 is 11.9 Å². The molecule has 2 N–H and O–H groups in total. The Bertz CT molecular complexity index is 291. The average Bonchev–Trinajstić information content (AvgIpc) is 2.12. The first-order chi connectivity index (χ1) is 7.74. The Morgan fingerprint density at radius 3 is 2.41 bits per heavy atom. The van der Waals surface area contributed by atoms with Crippen LogP contribution in [0.1, 0.15) is 34.1 Å². The number of nitrogens with two attached hydrogens (primary N) is 1. The highest BCUT2D eigenvalue weighted by Gasteiger charge is 2.17. The summed E-state index contributed by atoms with van der Waals surface area (Å²) < 4.78 is 9.77. The van der Waals surface area contributed by atoms with E-state index in [4.69, 9.17) is 10.5 Å². The van der Waals surface area contributed by atoms with Gasteiger partial charge in [0, 0.05) is 12.1 Å². The summed E-state index contributed by atoms with van der Waals surface area (Å²) in [4.78, 5) is 22.4. The van der Waals surface area contributed by atoms with Gasteiger partial charge in [0.15, 0.2) is 0 Å².